The number of halogens is 1. The van der Waals surface area contributed by atoms with Crippen LogP contribution < -0.4 is 5.32 Å². The molecule has 0 heterocycles. The number of carbonyl (C=O) groups is 2. The van der Waals surface area contributed by atoms with Crippen LogP contribution in [0.3, 0.4) is 0 Å². The first kappa shape index (κ1) is 15.9. The molecule has 0 aromatic rings. The highest BCUT2D eigenvalue weighted by Gasteiger charge is 2.31. The Morgan fingerprint density at radius 1 is 1.22 bits per heavy atom. The molecule has 0 saturated heterocycles. The Balaban J connectivity index is 2.48. The standard InChI is InChI=1S/C14H24INO2/c1-14(2,3)12(13(15)18)16-11(17)9-10-7-5-4-6-8-10/h10,12H,4-9H2,1-3H3,(H,16,17). The van der Waals surface area contributed by atoms with E-state index in [1.54, 1.807) is 22.6 Å². The van der Waals surface area contributed by atoms with Crippen LogP contribution in [0.1, 0.15) is 59.3 Å². The third kappa shape index (κ3) is 5.24. The number of hydrogen-bond acceptors (Lipinski definition) is 2. The summed E-state index contributed by atoms with van der Waals surface area (Å²) in [5, 5.41) is 2.91. The van der Waals surface area contributed by atoms with Crippen LogP contribution in [0, 0.1) is 11.3 Å². The van der Waals surface area contributed by atoms with Gasteiger partial charge >= 0.3 is 0 Å². The number of amides is 1. The molecule has 1 atom stereocenters. The summed E-state index contributed by atoms with van der Waals surface area (Å²) in [6.45, 7) is 5.94. The smallest absolute Gasteiger partial charge is 0.220 e. The van der Waals surface area contributed by atoms with Crippen LogP contribution in [0.4, 0.5) is 0 Å². The maximum atomic E-state index is 12.0. The lowest BCUT2D eigenvalue weighted by Crippen LogP contribution is -2.47. The Hall–Kier alpha value is -0.130. The first-order chi connectivity index (χ1) is 8.30. The molecular weight excluding hydrogens is 341 g/mol. The van der Waals surface area contributed by atoms with Crippen molar-refractivity contribution in [2.24, 2.45) is 11.3 Å². The monoisotopic (exact) mass is 365 g/mol. The Morgan fingerprint density at radius 3 is 2.22 bits per heavy atom. The van der Waals surface area contributed by atoms with Crippen molar-refractivity contribution >= 4 is 32.3 Å². The van der Waals surface area contributed by atoms with E-state index in [9.17, 15) is 9.59 Å². The van der Waals surface area contributed by atoms with Crippen LogP contribution in [0.25, 0.3) is 0 Å². The van der Waals surface area contributed by atoms with Gasteiger partial charge in [-0.3, -0.25) is 9.59 Å². The molecule has 0 aromatic carbocycles. The summed E-state index contributed by atoms with van der Waals surface area (Å²) in [5.74, 6) is 0.551. The normalized spacial score (nSPS) is 19.3. The topological polar surface area (TPSA) is 46.2 Å². The average Bonchev–Trinajstić information content (AvgIpc) is 2.25. The van der Waals surface area contributed by atoms with E-state index in [2.05, 4.69) is 5.32 Å². The van der Waals surface area contributed by atoms with Crippen molar-refractivity contribution in [3.8, 4) is 0 Å². The Bertz CT molecular complexity index is 303. The number of carbonyl (C=O) groups excluding carboxylic acids is 2. The predicted molar refractivity (Wildman–Crippen MR) is 81.6 cm³/mol. The van der Waals surface area contributed by atoms with E-state index in [0.29, 0.717) is 12.3 Å². The van der Waals surface area contributed by atoms with Crippen LogP contribution in [-0.4, -0.2) is 15.7 Å². The lowest BCUT2D eigenvalue weighted by Gasteiger charge is -2.29. The zero-order valence-corrected chi connectivity index (χ0v) is 13.7. The van der Waals surface area contributed by atoms with Crippen LogP contribution in [0.2, 0.25) is 0 Å². The van der Waals surface area contributed by atoms with Crippen molar-refractivity contribution in [3.05, 3.63) is 0 Å². The minimum atomic E-state index is -0.380. The molecule has 1 amide bonds. The molecule has 0 aromatic heterocycles. The molecule has 1 rings (SSSR count). The van der Waals surface area contributed by atoms with Gasteiger partial charge in [0.2, 0.25) is 9.70 Å². The summed E-state index contributed by atoms with van der Waals surface area (Å²) in [6, 6.07) is -0.380. The Morgan fingerprint density at radius 2 is 1.78 bits per heavy atom. The zero-order chi connectivity index (χ0) is 13.8. The fraction of sp³-hybridized carbons (Fsp3) is 0.857. The van der Waals surface area contributed by atoms with E-state index in [1.165, 1.54) is 19.3 Å². The second kappa shape index (κ2) is 6.87. The third-order valence-electron chi connectivity index (χ3n) is 3.60. The maximum Gasteiger partial charge on any atom is 0.220 e. The molecule has 1 aliphatic rings. The average molecular weight is 365 g/mol. The molecule has 4 heteroatoms. The zero-order valence-electron chi connectivity index (χ0n) is 11.6. The van der Waals surface area contributed by atoms with E-state index in [0.717, 1.165) is 12.8 Å². The largest absolute Gasteiger partial charge is 0.345 e. The summed E-state index contributed by atoms with van der Waals surface area (Å²) in [5.41, 5.74) is -0.222. The van der Waals surface area contributed by atoms with Gasteiger partial charge in [0, 0.05) is 29.0 Å². The molecule has 1 fully saturated rings. The Labute approximate surface area is 124 Å². The first-order valence-corrected chi connectivity index (χ1v) is 7.87. The van der Waals surface area contributed by atoms with Crippen molar-refractivity contribution in [1.82, 2.24) is 5.32 Å². The minimum Gasteiger partial charge on any atom is -0.345 e. The van der Waals surface area contributed by atoms with Gasteiger partial charge in [-0.2, -0.15) is 0 Å². The molecule has 1 unspecified atom stereocenters. The summed E-state index contributed by atoms with van der Waals surface area (Å²) >= 11 is 1.78. The highest BCUT2D eigenvalue weighted by Crippen LogP contribution is 2.27. The lowest BCUT2D eigenvalue weighted by atomic mass is 9.85. The molecule has 0 bridgehead atoms. The summed E-state index contributed by atoms with van der Waals surface area (Å²) in [6.07, 6.45) is 6.68. The fourth-order valence-corrected chi connectivity index (χ4v) is 3.58. The van der Waals surface area contributed by atoms with Crippen molar-refractivity contribution in [3.63, 3.8) is 0 Å². The van der Waals surface area contributed by atoms with Gasteiger partial charge in [0.15, 0.2) is 0 Å². The van der Waals surface area contributed by atoms with Crippen molar-refractivity contribution in [1.29, 1.82) is 0 Å². The van der Waals surface area contributed by atoms with E-state index >= 15 is 0 Å². The van der Waals surface area contributed by atoms with Crippen molar-refractivity contribution < 1.29 is 9.59 Å². The highest BCUT2D eigenvalue weighted by molar-refractivity contribution is 14.1. The summed E-state index contributed by atoms with van der Waals surface area (Å²) in [7, 11) is 0. The summed E-state index contributed by atoms with van der Waals surface area (Å²) < 4.78 is 0.0112. The SMILES string of the molecule is CC(C)(C)C(NC(=O)CC1CCCCC1)C(=O)I. The molecule has 18 heavy (non-hydrogen) atoms. The van der Waals surface area contributed by atoms with Gasteiger partial charge in [0.25, 0.3) is 0 Å². The number of rotatable bonds is 4. The van der Waals surface area contributed by atoms with Crippen LogP contribution in [-0.2, 0) is 9.59 Å². The minimum absolute atomic E-state index is 0.0112. The first-order valence-electron chi connectivity index (χ1n) is 6.79. The fourth-order valence-electron chi connectivity index (χ4n) is 2.49. The van der Waals surface area contributed by atoms with Gasteiger partial charge in [0.1, 0.15) is 6.04 Å². The second-order valence-corrected chi connectivity index (χ2v) is 7.44. The lowest BCUT2D eigenvalue weighted by molar-refractivity contribution is -0.126. The quantitative estimate of drug-likeness (QED) is 0.613. The second-order valence-electron chi connectivity index (χ2n) is 6.38. The van der Waals surface area contributed by atoms with E-state index in [1.807, 2.05) is 20.8 Å². The van der Waals surface area contributed by atoms with Crippen molar-refractivity contribution in [2.75, 3.05) is 0 Å². The molecular formula is C14H24INO2. The molecule has 1 saturated carbocycles. The molecule has 0 radical (unpaired) electrons. The van der Waals surface area contributed by atoms with Crippen LogP contribution >= 0.6 is 22.6 Å². The van der Waals surface area contributed by atoms with Crippen LogP contribution in [0.15, 0.2) is 0 Å². The number of nitrogens with one attached hydrogen (secondary N) is 1. The molecule has 0 spiro atoms. The molecule has 0 aliphatic heterocycles. The van der Waals surface area contributed by atoms with Crippen LogP contribution in [0.5, 0.6) is 0 Å². The predicted octanol–water partition coefficient (Wildman–Crippen LogP) is 3.45. The molecule has 1 aliphatic carbocycles. The van der Waals surface area contributed by atoms with Crippen molar-refractivity contribution in [2.45, 2.75) is 65.3 Å². The van der Waals surface area contributed by atoms with Gasteiger partial charge in [-0.1, -0.05) is 40.0 Å². The van der Waals surface area contributed by atoms with Gasteiger partial charge in [-0.05, 0) is 24.2 Å². The number of hydrogen-bond donors (Lipinski definition) is 1. The van der Waals surface area contributed by atoms with E-state index in [4.69, 9.17) is 0 Å². The Kier molecular flexibility index (Phi) is 6.08. The van der Waals surface area contributed by atoms with E-state index in [-0.39, 0.29) is 21.2 Å². The molecule has 1 N–H and O–H groups in total. The van der Waals surface area contributed by atoms with Gasteiger partial charge in [-0.25, -0.2) is 0 Å². The third-order valence-corrected chi connectivity index (χ3v) is 4.22. The highest BCUT2D eigenvalue weighted by atomic mass is 127. The van der Waals surface area contributed by atoms with Gasteiger partial charge in [0.05, 0.1) is 0 Å². The molecule has 104 valence electrons. The van der Waals surface area contributed by atoms with Gasteiger partial charge < -0.3 is 5.32 Å². The molecule has 3 nitrogen and oxygen atoms in total. The van der Waals surface area contributed by atoms with Gasteiger partial charge in [-0.15, -0.1) is 0 Å². The maximum absolute atomic E-state index is 12.0. The van der Waals surface area contributed by atoms with E-state index < -0.39 is 0 Å². The summed E-state index contributed by atoms with van der Waals surface area (Å²) in [4.78, 5) is 23.6.